The third-order valence-corrected chi connectivity index (χ3v) is 9.80. The number of hydrogen-bond acceptors (Lipinski definition) is 7. The zero-order valence-corrected chi connectivity index (χ0v) is 30.7. The predicted octanol–water partition coefficient (Wildman–Crippen LogP) is 9.67. The molecule has 0 aliphatic heterocycles. The van der Waals surface area contributed by atoms with Crippen LogP contribution in [0.2, 0.25) is 0 Å². The second kappa shape index (κ2) is 16.6. The summed E-state index contributed by atoms with van der Waals surface area (Å²) in [7, 11) is 2.70. The van der Waals surface area contributed by atoms with Crippen LogP contribution in [-0.2, 0) is 32.8 Å². The largest absolute Gasteiger partial charge is 0.508 e. The number of benzene rings is 4. The fourth-order valence-corrected chi connectivity index (χ4v) is 7.16. The Kier molecular flexibility index (Phi) is 13.5. The number of aromatic hydroxyl groups is 1. The molecule has 232 valence electrons. The number of ether oxygens (including phenoxy) is 3. The number of rotatable bonds is 9. The number of carbonyl (C=O) groups excluding carboxylic acids is 2. The summed E-state index contributed by atoms with van der Waals surface area (Å²) in [6, 6.07) is 23.3. The van der Waals surface area contributed by atoms with Crippen molar-refractivity contribution in [3.8, 4) is 11.5 Å². The van der Waals surface area contributed by atoms with Gasteiger partial charge in [-0.25, -0.2) is 9.59 Å². The zero-order valence-electron chi connectivity index (χ0n) is 24.3. The quantitative estimate of drug-likeness (QED) is 0.133. The van der Waals surface area contributed by atoms with Crippen molar-refractivity contribution in [2.24, 2.45) is 0 Å². The van der Waals surface area contributed by atoms with Gasteiger partial charge in [0.05, 0.1) is 43.0 Å². The van der Waals surface area contributed by atoms with Crippen LogP contribution in [-0.4, -0.2) is 31.3 Å². The van der Waals surface area contributed by atoms with Crippen molar-refractivity contribution >= 4 is 76.0 Å². The van der Waals surface area contributed by atoms with Crippen LogP contribution in [0, 0.1) is 0 Å². The van der Waals surface area contributed by atoms with Gasteiger partial charge in [-0.15, -0.1) is 0 Å². The van der Waals surface area contributed by atoms with Gasteiger partial charge in [-0.2, -0.15) is 0 Å². The Bertz CT molecular complexity index is 1510. The molecular weight excluding hydrogens is 828 g/mol. The smallest absolute Gasteiger partial charge is 0.337 e. The van der Waals surface area contributed by atoms with E-state index in [1.165, 1.54) is 14.2 Å². The maximum absolute atomic E-state index is 11.3. The van der Waals surface area contributed by atoms with Crippen LogP contribution < -0.4 is 3.83 Å². The average molecular weight is 858 g/mol. The lowest BCUT2D eigenvalue weighted by Crippen LogP contribution is -2.20. The molecule has 0 bridgehead atoms. The number of carbonyl (C=O) groups is 2. The van der Waals surface area contributed by atoms with Crippen molar-refractivity contribution in [1.29, 1.82) is 0 Å². The molecule has 4 aromatic rings. The average Bonchev–Trinajstić information content (AvgIpc) is 3.03. The van der Waals surface area contributed by atoms with Crippen LogP contribution in [0.25, 0.3) is 0 Å². The van der Waals surface area contributed by atoms with Crippen molar-refractivity contribution in [2.75, 3.05) is 14.2 Å². The maximum atomic E-state index is 11.3. The molecule has 4 aromatic carbocycles. The molecule has 0 unspecified atom stereocenters. The molecule has 0 atom stereocenters. The van der Waals surface area contributed by atoms with Crippen molar-refractivity contribution < 1.29 is 32.7 Å². The minimum absolute atomic E-state index is 0.261. The van der Waals surface area contributed by atoms with Gasteiger partial charge in [0, 0.05) is 14.4 Å². The van der Waals surface area contributed by atoms with Crippen LogP contribution in [0.5, 0.6) is 11.5 Å². The summed E-state index contributed by atoms with van der Waals surface area (Å²) in [6.07, 6.45) is 0. The standard InChI is InChI=1S/C18H18O5.C15H12Br4O2/c1-21-17(19)15-7-3-13(4-8-15)11-23-12-14-5-9-16(10-6-14)18(20)22-2;1-15(2,8-3-5-9(20)6-4-8)12-10(16)7-11(21-19)13(17)14(12)18/h3-10H,11-12H2,1-2H3;3-7,20H,1-2H3. The lowest BCUT2D eigenvalue weighted by Gasteiger charge is -2.29. The normalized spacial score (nSPS) is 10.8. The minimum atomic E-state index is -0.358. The first-order valence-electron chi connectivity index (χ1n) is 13.1. The number of methoxy groups -OCH3 is 2. The summed E-state index contributed by atoms with van der Waals surface area (Å²) >= 11 is 13.8. The fraction of sp³-hybridized carbons (Fsp3) is 0.212. The van der Waals surface area contributed by atoms with Crippen LogP contribution in [0.1, 0.15) is 56.8 Å². The van der Waals surface area contributed by atoms with E-state index >= 15 is 0 Å². The molecule has 4 rings (SSSR count). The highest BCUT2D eigenvalue weighted by Crippen LogP contribution is 2.47. The third-order valence-electron chi connectivity index (χ3n) is 6.71. The van der Waals surface area contributed by atoms with Gasteiger partial charge in [0.2, 0.25) is 0 Å². The highest BCUT2D eigenvalue weighted by molar-refractivity contribution is 9.13. The zero-order chi connectivity index (χ0) is 32.4. The Labute approximate surface area is 290 Å². The Morgan fingerprint density at radius 3 is 1.59 bits per heavy atom. The molecule has 7 nitrogen and oxygen atoms in total. The molecule has 0 aromatic heterocycles. The molecule has 0 aliphatic carbocycles. The fourth-order valence-electron chi connectivity index (χ4n) is 4.22. The Hall–Kier alpha value is -2.70. The summed E-state index contributed by atoms with van der Waals surface area (Å²) in [5.41, 5.74) is 4.87. The van der Waals surface area contributed by atoms with Gasteiger partial charge in [-0.05, 0) is 96.6 Å². The third kappa shape index (κ3) is 9.17. The lowest BCUT2D eigenvalue weighted by atomic mass is 9.78. The first kappa shape index (κ1) is 35.8. The molecule has 0 aliphatic rings. The molecule has 1 N–H and O–H groups in total. The molecule has 11 heteroatoms. The Morgan fingerprint density at radius 1 is 0.727 bits per heavy atom. The summed E-state index contributed by atoms with van der Waals surface area (Å²) < 4.78 is 22.8. The van der Waals surface area contributed by atoms with Gasteiger partial charge in [0.15, 0.2) is 22.0 Å². The van der Waals surface area contributed by atoms with Gasteiger partial charge in [-0.1, -0.05) is 66.2 Å². The SMILES string of the molecule is CC(C)(c1ccc(O)cc1)c1c(Br)cc(OBr)c(Br)c1Br.COC(=O)c1ccc(COCc2ccc(C(=O)OC)cc2)cc1. The molecular formula is C33H30Br4O7. The Morgan fingerprint density at radius 2 is 1.18 bits per heavy atom. The van der Waals surface area contributed by atoms with E-state index < -0.39 is 0 Å². The van der Waals surface area contributed by atoms with E-state index in [-0.39, 0.29) is 23.1 Å². The number of phenols is 1. The predicted molar refractivity (Wildman–Crippen MR) is 183 cm³/mol. The van der Waals surface area contributed by atoms with E-state index in [1.54, 1.807) is 36.4 Å². The molecule has 0 fully saturated rings. The van der Waals surface area contributed by atoms with Crippen molar-refractivity contribution in [2.45, 2.75) is 32.5 Å². The number of phenolic OH excluding ortho intramolecular Hbond substituents is 1. The Balaban J connectivity index is 0.000000241. The van der Waals surface area contributed by atoms with E-state index in [9.17, 15) is 14.7 Å². The van der Waals surface area contributed by atoms with Crippen molar-refractivity contribution in [3.05, 3.63) is 126 Å². The molecule has 0 saturated heterocycles. The van der Waals surface area contributed by atoms with Crippen LogP contribution >= 0.6 is 64.0 Å². The number of hydrogen-bond donors (Lipinski definition) is 1. The van der Waals surface area contributed by atoms with Crippen molar-refractivity contribution in [1.82, 2.24) is 0 Å². The van der Waals surface area contributed by atoms with Crippen LogP contribution in [0.15, 0.2) is 92.3 Å². The first-order valence-corrected chi connectivity index (χ1v) is 16.1. The van der Waals surface area contributed by atoms with Crippen LogP contribution in [0.4, 0.5) is 0 Å². The van der Waals surface area contributed by atoms with Gasteiger partial charge in [0.25, 0.3) is 0 Å². The summed E-state index contributed by atoms with van der Waals surface area (Å²) in [6.45, 7) is 5.12. The van der Waals surface area contributed by atoms with E-state index in [2.05, 4.69) is 87.4 Å². The number of halogens is 4. The maximum Gasteiger partial charge on any atom is 0.337 e. The van der Waals surface area contributed by atoms with Gasteiger partial charge in [-0.3, -0.25) is 0 Å². The van der Waals surface area contributed by atoms with E-state index in [0.717, 1.165) is 35.7 Å². The molecule has 0 saturated carbocycles. The van der Waals surface area contributed by atoms with E-state index in [1.807, 2.05) is 42.5 Å². The highest BCUT2D eigenvalue weighted by Gasteiger charge is 2.30. The van der Waals surface area contributed by atoms with Gasteiger partial charge >= 0.3 is 11.9 Å². The second-order valence-corrected chi connectivity index (χ2v) is 12.7. The van der Waals surface area contributed by atoms with E-state index in [0.29, 0.717) is 30.1 Å². The monoisotopic (exact) mass is 854 g/mol. The first-order chi connectivity index (χ1) is 20.9. The summed E-state index contributed by atoms with van der Waals surface area (Å²) in [4.78, 5) is 22.7. The van der Waals surface area contributed by atoms with Crippen LogP contribution in [0.3, 0.4) is 0 Å². The van der Waals surface area contributed by atoms with Gasteiger partial charge in [0.1, 0.15) is 5.75 Å². The van der Waals surface area contributed by atoms with E-state index in [4.69, 9.17) is 8.57 Å². The number of esters is 2. The minimum Gasteiger partial charge on any atom is -0.508 e. The summed E-state index contributed by atoms with van der Waals surface area (Å²) in [5.74, 6) is 0.224. The topological polar surface area (TPSA) is 91.3 Å². The van der Waals surface area contributed by atoms with Crippen molar-refractivity contribution in [3.63, 3.8) is 0 Å². The second-order valence-electron chi connectivity index (χ2n) is 9.98. The molecule has 0 radical (unpaired) electrons. The van der Waals surface area contributed by atoms with Gasteiger partial charge < -0.3 is 23.1 Å². The molecule has 0 spiro atoms. The molecule has 0 amide bonds. The summed E-state index contributed by atoms with van der Waals surface area (Å²) in [5, 5.41) is 9.47. The highest BCUT2D eigenvalue weighted by atomic mass is 79.9. The molecule has 0 heterocycles. The molecule has 44 heavy (non-hydrogen) atoms. The lowest BCUT2D eigenvalue weighted by molar-refractivity contribution is 0.0592.